The van der Waals surface area contributed by atoms with Crippen molar-refractivity contribution in [2.45, 2.75) is 19.4 Å². The number of aryl methyl sites for hydroxylation is 1. The quantitative estimate of drug-likeness (QED) is 0.640. The van der Waals surface area contributed by atoms with Crippen molar-refractivity contribution in [2.24, 2.45) is 0 Å². The van der Waals surface area contributed by atoms with Gasteiger partial charge in [0.25, 0.3) is 0 Å². The molecule has 3 heteroatoms. The van der Waals surface area contributed by atoms with E-state index in [1.807, 2.05) is 24.3 Å². The van der Waals surface area contributed by atoms with E-state index in [0.717, 1.165) is 35.2 Å². The van der Waals surface area contributed by atoms with Gasteiger partial charge in [0, 0.05) is 22.3 Å². The third-order valence-electron chi connectivity index (χ3n) is 2.96. The number of halogens is 1. The third-order valence-corrected chi connectivity index (χ3v) is 3.46. The number of nitrogen functional groups attached to an aromatic ring is 1. The first kappa shape index (κ1) is 14.1. The number of hydrogen-bond acceptors (Lipinski definition) is 2. The first-order valence-electron chi connectivity index (χ1n) is 6.41. The minimum atomic E-state index is 0.577. The van der Waals surface area contributed by atoms with Crippen molar-refractivity contribution >= 4 is 21.6 Å². The van der Waals surface area contributed by atoms with Gasteiger partial charge in [0.2, 0.25) is 0 Å². The van der Waals surface area contributed by atoms with Crippen molar-refractivity contribution < 1.29 is 4.74 Å². The maximum atomic E-state index is 5.92. The highest BCUT2D eigenvalue weighted by molar-refractivity contribution is 9.10. The Bertz CT molecular complexity index is 513. The Labute approximate surface area is 122 Å². The standard InChI is InChI=1S/C16H18BrNO/c17-15-9-8-14(16(18)11-15)12-19-10-4-7-13-5-2-1-3-6-13/h1-3,5-6,8-9,11H,4,7,10,12,18H2. The van der Waals surface area contributed by atoms with Crippen LogP contribution in [0, 0.1) is 0 Å². The van der Waals surface area contributed by atoms with Gasteiger partial charge < -0.3 is 10.5 Å². The zero-order chi connectivity index (χ0) is 13.5. The van der Waals surface area contributed by atoms with Gasteiger partial charge in [-0.25, -0.2) is 0 Å². The minimum absolute atomic E-state index is 0.577. The summed E-state index contributed by atoms with van der Waals surface area (Å²) >= 11 is 3.39. The Balaban J connectivity index is 1.69. The molecule has 2 N–H and O–H groups in total. The van der Waals surface area contributed by atoms with Crippen molar-refractivity contribution in [1.29, 1.82) is 0 Å². The molecule has 0 saturated carbocycles. The molecule has 0 aliphatic rings. The highest BCUT2D eigenvalue weighted by Crippen LogP contribution is 2.19. The number of ether oxygens (including phenoxy) is 1. The molecule has 0 amide bonds. The van der Waals surface area contributed by atoms with Gasteiger partial charge in [-0.2, -0.15) is 0 Å². The van der Waals surface area contributed by atoms with Gasteiger partial charge in [-0.3, -0.25) is 0 Å². The average molecular weight is 320 g/mol. The van der Waals surface area contributed by atoms with Crippen molar-refractivity contribution in [3.05, 3.63) is 64.1 Å². The lowest BCUT2D eigenvalue weighted by molar-refractivity contribution is 0.119. The van der Waals surface area contributed by atoms with Gasteiger partial charge >= 0.3 is 0 Å². The van der Waals surface area contributed by atoms with Crippen LogP contribution in [0.2, 0.25) is 0 Å². The van der Waals surface area contributed by atoms with E-state index >= 15 is 0 Å². The molecule has 2 aromatic carbocycles. The molecule has 0 bridgehead atoms. The SMILES string of the molecule is Nc1cc(Br)ccc1COCCCc1ccccc1. The van der Waals surface area contributed by atoms with Crippen LogP contribution >= 0.6 is 15.9 Å². The van der Waals surface area contributed by atoms with E-state index in [2.05, 4.69) is 40.2 Å². The monoisotopic (exact) mass is 319 g/mol. The lowest BCUT2D eigenvalue weighted by Gasteiger charge is -2.07. The van der Waals surface area contributed by atoms with Crippen molar-refractivity contribution in [3.63, 3.8) is 0 Å². The van der Waals surface area contributed by atoms with Crippen LogP contribution < -0.4 is 5.73 Å². The Hall–Kier alpha value is -1.32. The topological polar surface area (TPSA) is 35.2 Å². The van der Waals surface area contributed by atoms with Crippen LogP contribution in [-0.4, -0.2) is 6.61 Å². The molecule has 0 heterocycles. The smallest absolute Gasteiger partial charge is 0.0736 e. The van der Waals surface area contributed by atoms with E-state index in [1.54, 1.807) is 0 Å². The highest BCUT2D eigenvalue weighted by Gasteiger charge is 2.00. The number of rotatable bonds is 6. The zero-order valence-corrected chi connectivity index (χ0v) is 12.4. The normalized spacial score (nSPS) is 10.6. The average Bonchev–Trinajstić information content (AvgIpc) is 2.42. The fourth-order valence-corrected chi connectivity index (χ4v) is 2.28. The van der Waals surface area contributed by atoms with Crippen molar-refractivity contribution in [1.82, 2.24) is 0 Å². The van der Waals surface area contributed by atoms with Crippen LogP contribution in [0.3, 0.4) is 0 Å². The molecule has 0 aromatic heterocycles. The van der Waals surface area contributed by atoms with Crippen LogP contribution in [0.4, 0.5) is 5.69 Å². The molecule has 2 aromatic rings. The predicted molar refractivity (Wildman–Crippen MR) is 83.0 cm³/mol. The summed E-state index contributed by atoms with van der Waals surface area (Å²) in [5.41, 5.74) is 9.09. The van der Waals surface area contributed by atoms with Crippen LogP contribution in [-0.2, 0) is 17.8 Å². The molecule has 0 aliphatic heterocycles. The van der Waals surface area contributed by atoms with Crippen LogP contribution in [0.1, 0.15) is 17.5 Å². The summed E-state index contributed by atoms with van der Waals surface area (Å²) in [5.74, 6) is 0. The molecular formula is C16H18BrNO. The van der Waals surface area contributed by atoms with Gasteiger partial charge in [-0.05, 0) is 30.5 Å². The first-order chi connectivity index (χ1) is 9.25. The van der Waals surface area contributed by atoms with Crippen LogP contribution in [0.15, 0.2) is 53.0 Å². The molecule has 0 unspecified atom stereocenters. The molecule has 0 fully saturated rings. The second-order valence-corrected chi connectivity index (χ2v) is 5.40. The van der Waals surface area contributed by atoms with E-state index in [4.69, 9.17) is 10.5 Å². The van der Waals surface area contributed by atoms with Gasteiger partial charge in [0.1, 0.15) is 0 Å². The number of anilines is 1. The highest BCUT2D eigenvalue weighted by atomic mass is 79.9. The number of nitrogens with two attached hydrogens (primary N) is 1. The summed E-state index contributed by atoms with van der Waals surface area (Å²) in [6.45, 7) is 1.33. The summed E-state index contributed by atoms with van der Waals surface area (Å²) in [7, 11) is 0. The van der Waals surface area contributed by atoms with E-state index in [1.165, 1.54) is 5.56 Å². The minimum Gasteiger partial charge on any atom is -0.398 e. The molecule has 100 valence electrons. The Kier molecular flexibility index (Phi) is 5.43. The second kappa shape index (κ2) is 7.31. The molecular weight excluding hydrogens is 302 g/mol. The van der Waals surface area contributed by atoms with E-state index in [0.29, 0.717) is 6.61 Å². The summed E-state index contributed by atoms with van der Waals surface area (Å²) in [5, 5.41) is 0. The molecule has 0 saturated heterocycles. The van der Waals surface area contributed by atoms with E-state index in [9.17, 15) is 0 Å². The molecule has 2 nitrogen and oxygen atoms in total. The largest absolute Gasteiger partial charge is 0.398 e. The summed E-state index contributed by atoms with van der Waals surface area (Å²) in [4.78, 5) is 0. The zero-order valence-electron chi connectivity index (χ0n) is 10.8. The predicted octanol–water partition coefficient (Wildman–Crippen LogP) is 4.18. The van der Waals surface area contributed by atoms with Gasteiger partial charge in [-0.15, -0.1) is 0 Å². The van der Waals surface area contributed by atoms with E-state index in [-0.39, 0.29) is 0 Å². The molecule has 0 spiro atoms. The molecule has 2 rings (SSSR count). The fraction of sp³-hybridized carbons (Fsp3) is 0.250. The Morgan fingerprint density at radius 2 is 1.84 bits per heavy atom. The van der Waals surface area contributed by atoms with Crippen LogP contribution in [0.25, 0.3) is 0 Å². The molecule has 0 aliphatic carbocycles. The molecule has 0 radical (unpaired) electrons. The van der Waals surface area contributed by atoms with Gasteiger partial charge in [0.15, 0.2) is 0 Å². The van der Waals surface area contributed by atoms with Crippen LogP contribution in [0.5, 0.6) is 0 Å². The maximum Gasteiger partial charge on any atom is 0.0736 e. The lowest BCUT2D eigenvalue weighted by Crippen LogP contribution is -2.00. The van der Waals surface area contributed by atoms with Gasteiger partial charge in [-0.1, -0.05) is 52.3 Å². The summed E-state index contributed by atoms with van der Waals surface area (Å²) in [6.07, 6.45) is 2.08. The number of hydrogen-bond donors (Lipinski definition) is 1. The van der Waals surface area contributed by atoms with E-state index < -0.39 is 0 Å². The molecule has 0 atom stereocenters. The second-order valence-electron chi connectivity index (χ2n) is 4.48. The Morgan fingerprint density at radius 1 is 1.05 bits per heavy atom. The first-order valence-corrected chi connectivity index (χ1v) is 7.20. The van der Waals surface area contributed by atoms with Gasteiger partial charge in [0.05, 0.1) is 6.61 Å². The number of benzene rings is 2. The summed E-state index contributed by atoms with van der Waals surface area (Å²) < 4.78 is 6.66. The van der Waals surface area contributed by atoms with Crippen molar-refractivity contribution in [3.8, 4) is 0 Å². The Morgan fingerprint density at radius 3 is 2.58 bits per heavy atom. The third kappa shape index (κ3) is 4.69. The van der Waals surface area contributed by atoms with Crippen molar-refractivity contribution in [2.75, 3.05) is 12.3 Å². The fourth-order valence-electron chi connectivity index (χ4n) is 1.90. The lowest BCUT2D eigenvalue weighted by atomic mass is 10.1. The molecule has 19 heavy (non-hydrogen) atoms. The summed E-state index contributed by atoms with van der Waals surface area (Å²) in [6, 6.07) is 16.4. The maximum absolute atomic E-state index is 5.92.